The molecular weight excluding hydrogens is 188 g/mol. The van der Waals surface area contributed by atoms with Crippen LogP contribution in [0, 0.1) is 0 Å². The summed E-state index contributed by atoms with van der Waals surface area (Å²) < 4.78 is 0. The minimum atomic E-state index is 0.510. The van der Waals surface area contributed by atoms with Crippen LogP contribution in [0.3, 0.4) is 0 Å². The molecule has 0 saturated carbocycles. The standard InChI is InChI=1S/C11H14N4/c1-9-8-10-4-2-3-5-11(10)15(9)7-6-13-14-12/h2-5,9H,6-8H2,1H3. The van der Waals surface area contributed by atoms with Gasteiger partial charge in [-0.25, -0.2) is 0 Å². The third-order valence-electron chi connectivity index (χ3n) is 2.85. The lowest BCUT2D eigenvalue weighted by molar-refractivity contribution is 0.673. The van der Waals surface area contributed by atoms with Gasteiger partial charge in [0.25, 0.3) is 0 Å². The highest BCUT2D eigenvalue weighted by molar-refractivity contribution is 5.59. The van der Waals surface area contributed by atoms with Gasteiger partial charge < -0.3 is 4.90 Å². The monoisotopic (exact) mass is 202 g/mol. The van der Waals surface area contributed by atoms with Crippen LogP contribution in [0.15, 0.2) is 29.4 Å². The Kier molecular flexibility index (Phi) is 2.79. The average molecular weight is 202 g/mol. The van der Waals surface area contributed by atoms with Crippen molar-refractivity contribution in [1.29, 1.82) is 0 Å². The summed E-state index contributed by atoms with van der Waals surface area (Å²) in [6, 6.07) is 8.94. The fraction of sp³-hybridized carbons (Fsp3) is 0.455. The second kappa shape index (κ2) is 4.24. The molecule has 0 saturated heterocycles. The molecule has 1 unspecified atom stereocenters. The third kappa shape index (κ3) is 1.90. The molecule has 1 heterocycles. The van der Waals surface area contributed by atoms with E-state index in [2.05, 4.69) is 46.1 Å². The summed E-state index contributed by atoms with van der Waals surface area (Å²) in [6.45, 7) is 3.55. The fourth-order valence-corrected chi connectivity index (χ4v) is 2.17. The van der Waals surface area contributed by atoms with Crippen molar-refractivity contribution in [2.75, 3.05) is 18.0 Å². The molecule has 1 atom stereocenters. The number of azide groups is 1. The van der Waals surface area contributed by atoms with Gasteiger partial charge in [0.15, 0.2) is 0 Å². The molecule has 78 valence electrons. The van der Waals surface area contributed by atoms with E-state index >= 15 is 0 Å². The predicted octanol–water partition coefficient (Wildman–Crippen LogP) is 2.75. The van der Waals surface area contributed by atoms with Crippen molar-refractivity contribution in [2.45, 2.75) is 19.4 Å². The van der Waals surface area contributed by atoms with E-state index in [1.807, 2.05) is 0 Å². The van der Waals surface area contributed by atoms with Gasteiger partial charge >= 0.3 is 0 Å². The molecular formula is C11H14N4. The predicted molar refractivity (Wildman–Crippen MR) is 61.0 cm³/mol. The van der Waals surface area contributed by atoms with Gasteiger partial charge in [-0.2, -0.15) is 0 Å². The molecule has 0 amide bonds. The van der Waals surface area contributed by atoms with Crippen molar-refractivity contribution in [1.82, 2.24) is 0 Å². The first kappa shape index (κ1) is 9.87. The van der Waals surface area contributed by atoms with E-state index in [-0.39, 0.29) is 0 Å². The van der Waals surface area contributed by atoms with Gasteiger partial charge in [0, 0.05) is 29.7 Å². The van der Waals surface area contributed by atoms with Crippen molar-refractivity contribution in [3.05, 3.63) is 40.3 Å². The number of hydrogen-bond donors (Lipinski definition) is 0. The Bertz CT molecular complexity index is 395. The number of hydrogen-bond acceptors (Lipinski definition) is 2. The van der Waals surface area contributed by atoms with Crippen LogP contribution in [0.1, 0.15) is 12.5 Å². The van der Waals surface area contributed by atoms with Crippen LogP contribution in [-0.2, 0) is 6.42 Å². The second-order valence-corrected chi connectivity index (χ2v) is 3.83. The SMILES string of the molecule is CC1Cc2ccccc2N1CCN=[N+]=[N-]. The molecule has 0 N–H and O–H groups in total. The topological polar surface area (TPSA) is 52.0 Å². The molecule has 1 aliphatic heterocycles. The van der Waals surface area contributed by atoms with Crippen LogP contribution in [0.4, 0.5) is 5.69 Å². The quantitative estimate of drug-likeness (QED) is 0.422. The van der Waals surface area contributed by atoms with E-state index in [4.69, 9.17) is 5.53 Å². The van der Waals surface area contributed by atoms with Crippen molar-refractivity contribution >= 4 is 5.69 Å². The van der Waals surface area contributed by atoms with Gasteiger partial charge in [0.2, 0.25) is 0 Å². The molecule has 0 radical (unpaired) electrons. The van der Waals surface area contributed by atoms with E-state index in [0.717, 1.165) is 13.0 Å². The zero-order valence-electron chi connectivity index (χ0n) is 8.80. The van der Waals surface area contributed by atoms with E-state index < -0.39 is 0 Å². The molecule has 0 aliphatic carbocycles. The van der Waals surface area contributed by atoms with Crippen molar-refractivity contribution in [3.63, 3.8) is 0 Å². The Morgan fingerprint density at radius 1 is 1.53 bits per heavy atom. The molecule has 0 spiro atoms. The lowest BCUT2D eigenvalue weighted by Crippen LogP contribution is -2.31. The molecule has 15 heavy (non-hydrogen) atoms. The van der Waals surface area contributed by atoms with Gasteiger partial charge in [0.05, 0.1) is 0 Å². The van der Waals surface area contributed by atoms with Gasteiger partial charge in [0.1, 0.15) is 0 Å². The summed E-state index contributed by atoms with van der Waals surface area (Å²) in [5, 5.41) is 3.58. The van der Waals surface area contributed by atoms with E-state index in [1.165, 1.54) is 11.3 Å². The van der Waals surface area contributed by atoms with Gasteiger partial charge in [-0.1, -0.05) is 23.3 Å². The van der Waals surface area contributed by atoms with E-state index in [0.29, 0.717) is 12.6 Å². The zero-order valence-corrected chi connectivity index (χ0v) is 8.80. The van der Waals surface area contributed by atoms with Crippen LogP contribution in [-0.4, -0.2) is 19.1 Å². The third-order valence-corrected chi connectivity index (χ3v) is 2.85. The van der Waals surface area contributed by atoms with Crippen molar-refractivity contribution in [3.8, 4) is 0 Å². The first-order valence-corrected chi connectivity index (χ1v) is 5.18. The number of nitrogens with zero attached hydrogens (tertiary/aromatic N) is 4. The van der Waals surface area contributed by atoms with Crippen LogP contribution in [0.2, 0.25) is 0 Å². The Morgan fingerprint density at radius 3 is 3.13 bits per heavy atom. The summed E-state index contributed by atoms with van der Waals surface area (Å²) in [5.41, 5.74) is 10.9. The summed E-state index contributed by atoms with van der Waals surface area (Å²) in [6.07, 6.45) is 1.09. The number of para-hydroxylation sites is 1. The van der Waals surface area contributed by atoms with Crippen LogP contribution >= 0.6 is 0 Å². The lowest BCUT2D eigenvalue weighted by Gasteiger charge is -2.23. The Labute approximate surface area is 89.1 Å². The highest BCUT2D eigenvalue weighted by Crippen LogP contribution is 2.31. The minimum Gasteiger partial charge on any atom is -0.368 e. The number of fused-ring (bicyclic) bond motifs is 1. The summed E-state index contributed by atoms with van der Waals surface area (Å²) in [5.74, 6) is 0. The largest absolute Gasteiger partial charge is 0.368 e. The Balaban J connectivity index is 2.14. The Hall–Kier alpha value is -1.67. The maximum absolute atomic E-state index is 8.24. The van der Waals surface area contributed by atoms with Crippen LogP contribution in [0.5, 0.6) is 0 Å². The molecule has 0 fully saturated rings. The molecule has 0 bridgehead atoms. The Morgan fingerprint density at radius 2 is 2.33 bits per heavy atom. The maximum atomic E-state index is 8.24. The second-order valence-electron chi connectivity index (χ2n) is 3.83. The molecule has 4 heteroatoms. The van der Waals surface area contributed by atoms with Crippen molar-refractivity contribution in [2.24, 2.45) is 5.11 Å². The first-order valence-electron chi connectivity index (χ1n) is 5.18. The summed E-state index contributed by atoms with van der Waals surface area (Å²) in [7, 11) is 0. The van der Waals surface area contributed by atoms with Crippen molar-refractivity contribution < 1.29 is 0 Å². The van der Waals surface area contributed by atoms with E-state index in [1.54, 1.807) is 0 Å². The summed E-state index contributed by atoms with van der Waals surface area (Å²) >= 11 is 0. The van der Waals surface area contributed by atoms with Crippen LogP contribution in [0.25, 0.3) is 10.4 Å². The van der Waals surface area contributed by atoms with E-state index in [9.17, 15) is 0 Å². The highest BCUT2D eigenvalue weighted by atomic mass is 15.2. The zero-order chi connectivity index (χ0) is 10.7. The van der Waals surface area contributed by atoms with Crippen LogP contribution < -0.4 is 4.90 Å². The molecule has 4 nitrogen and oxygen atoms in total. The average Bonchev–Trinajstić information content (AvgIpc) is 2.56. The normalized spacial score (nSPS) is 18.5. The molecule has 1 aromatic carbocycles. The number of benzene rings is 1. The van der Waals surface area contributed by atoms with Gasteiger partial charge in [-0.3, -0.25) is 0 Å². The molecule has 2 rings (SSSR count). The smallest absolute Gasteiger partial charge is 0.0434 e. The number of rotatable bonds is 3. The van der Waals surface area contributed by atoms with Gasteiger partial charge in [-0.05, 0) is 30.5 Å². The van der Waals surface area contributed by atoms with Gasteiger partial charge in [-0.15, -0.1) is 0 Å². The fourth-order valence-electron chi connectivity index (χ4n) is 2.17. The molecule has 1 aliphatic rings. The maximum Gasteiger partial charge on any atom is 0.0434 e. The molecule has 0 aromatic heterocycles. The molecule has 1 aromatic rings. The lowest BCUT2D eigenvalue weighted by atomic mass is 10.1. The minimum absolute atomic E-state index is 0.510. The first-order chi connectivity index (χ1) is 7.33. The highest BCUT2D eigenvalue weighted by Gasteiger charge is 2.24. The summed E-state index contributed by atoms with van der Waals surface area (Å²) in [4.78, 5) is 5.09. The number of anilines is 1.